The molecule has 21 heavy (non-hydrogen) atoms. The smallest absolute Gasteiger partial charge is 0.261 e. The van der Waals surface area contributed by atoms with E-state index in [2.05, 4.69) is 20.1 Å². The standard InChI is InChI=1S/C14H17ClN4OS/c15-11-6-5-10(21-11)14(20)16-8-7-13-18-17-12-4-2-1-3-9-19(12)13/h5-6H,1-4,7-9H2,(H,16,20). The molecule has 0 bridgehead atoms. The van der Waals surface area contributed by atoms with E-state index in [1.807, 2.05) is 0 Å². The molecule has 0 fully saturated rings. The summed E-state index contributed by atoms with van der Waals surface area (Å²) in [5.74, 6) is 1.97. The number of aromatic nitrogens is 3. The van der Waals surface area contributed by atoms with Crippen molar-refractivity contribution in [3.05, 3.63) is 33.0 Å². The van der Waals surface area contributed by atoms with Gasteiger partial charge in [-0.1, -0.05) is 18.0 Å². The minimum atomic E-state index is -0.0810. The van der Waals surface area contributed by atoms with Gasteiger partial charge in [-0.05, 0) is 25.0 Å². The second-order valence-corrected chi connectivity index (χ2v) is 6.82. The minimum Gasteiger partial charge on any atom is -0.351 e. The van der Waals surface area contributed by atoms with Crippen LogP contribution in [0.4, 0.5) is 0 Å². The summed E-state index contributed by atoms with van der Waals surface area (Å²) in [4.78, 5) is 12.6. The maximum atomic E-state index is 11.9. The Morgan fingerprint density at radius 1 is 1.33 bits per heavy atom. The van der Waals surface area contributed by atoms with E-state index in [-0.39, 0.29) is 5.91 Å². The number of rotatable bonds is 4. The van der Waals surface area contributed by atoms with Gasteiger partial charge in [0.1, 0.15) is 11.6 Å². The number of fused-ring (bicyclic) bond motifs is 1. The Morgan fingerprint density at radius 2 is 2.24 bits per heavy atom. The molecule has 2 aromatic heterocycles. The predicted octanol–water partition coefficient (Wildman–Crippen LogP) is 2.69. The third-order valence-electron chi connectivity index (χ3n) is 3.62. The van der Waals surface area contributed by atoms with E-state index in [1.54, 1.807) is 12.1 Å². The maximum Gasteiger partial charge on any atom is 0.261 e. The average Bonchev–Trinajstić information content (AvgIpc) is 2.99. The zero-order chi connectivity index (χ0) is 14.7. The van der Waals surface area contributed by atoms with Gasteiger partial charge in [-0.25, -0.2) is 0 Å². The fraction of sp³-hybridized carbons (Fsp3) is 0.500. The van der Waals surface area contributed by atoms with Crippen LogP contribution in [0, 0.1) is 0 Å². The molecule has 0 saturated heterocycles. The fourth-order valence-corrected chi connectivity index (χ4v) is 3.50. The first-order valence-corrected chi connectivity index (χ1v) is 8.38. The second-order valence-electron chi connectivity index (χ2n) is 5.10. The molecule has 0 atom stereocenters. The lowest BCUT2D eigenvalue weighted by atomic mass is 10.2. The molecule has 3 rings (SSSR count). The maximum absolute atomic E-state index is 11.9. The molecule has 1 aliphatic rings. The molecular weight excluding hydrogens is 308 g/mol. The van der Waals surface area contributed by atoms with Crippen molar-refractivity contribution in [2.24, 2.45) is 0 Å². The van der Waals surface area contributed by atoms with Gasteiger partial charge in [-0.3, -0.25) is 4.79 Å². The van der Waals surface area contributed by atoms with Gasteiger partial charge >= 0.3 is 0 Å². The van der Waals surface area contributed by atoms with E-state index in [1.165, 1.54) is 30.6 Å². The molecule has 0 unspecified atom stereocenters. The van der Waals surface area contributed by atoms with Crippen LogP contribution in [0.3, 0.4) is 0 Å². The summed E-state index contributed by atoms with van der Waals surface area (Å²) in [6.45, 7) is 1.55. The molecule has 0 radical (unpaired) electrons. The van der Waals surface area contributed by atoms with Crippen LogP contribution in [0.25, 0.3) is 0 Å². The van der Waals surface area contributed by atoms with E-state index < -0.39 is 0 Å². The van der Waals surface area contributed by atoms with Crippen LogP contribution in [-0.2, 0) is 19.4 Å². The van der Waals surface area contributed by atoms with E-state index in [0.717, 1.165) is 24.6 Å². The van der Waals surface area contributed by atoms with Crippen LogP contribution in [0.15, 0.2) is 12.1 Å². The highest BCUT2D eigenvalue weighted by Gasteiger charge is 2.15. The van der Waals surface area contributed by atoms with Crippen molar-refractivity contribution < 1.29 is 4.79 Å². The molecule has 0 spiro atoms. The normalized spacial score (nSPS) is 14.5. The van der Waals surface area contributed by atoms with Crippen molar-refractivity contribution in [3.63, 3.8) is 0 Å². The Balaban J connectivity index is 1.56. The molecule has 0 saturated carbocycles. The Hall–Kier alpha value is -1.40. The SMILES string of the molecule is O=C(NCCc1nnc2n1CCCCC2)c1ccc(Cl)s1. The Bertz CT molecular complexity index is 637. The lowest BCUT2D eigenvalue weighted by molar-refractivity contribution is 0.0958. The molecule has 0 aliphatic carbocycles. The molecule has 1 N–H and O–H groups in total. The van der Waals surface area contributed by atoms with Gasteiger partial charge in [0.05, 0.1) is 9.21 Å². The zero-order valence-electron chi connectivity index (χ0n) is 11.6. The molecular formula is C14H17ClN4OS. The van der Waals surface area contributed by atoms with E-state index in [0.29, 0.717) is 22.2 Å². The van der Waals surface area contributed by atoms with Crippen molar-refractivity contribution in [3.8, 4) is 0 Å². The first-order valence-electron chi connectivity index (χ1n) is 7.18. The zero-order valence-corrected chi connectivity index (χ0v) is 13.2. The molecule has 112 valence electrons. The van der Waals surface area contributed by atoms with Crippen molar-refractivity contribution in [2.45, 2.75) is 38.6 Å². The number of hydrogen-bond acceptors (Lipinski definition) is 4. The van der Waals surface area contributed by atoms with Gasteiger partial charge in [0.25, 0.3) is 5.91 Å². The summed E-state index contributed by atoms with van der Waals surface area (Å²) >= 11 is 7.12. The first kappa shape index (κ1) is 14.5. The largest absolute Gasteiger partial charge is 0.351 e. The molecule has 1 amide bonds. The number of amides is 1. The Labute approximate surface area is 132 Å². The van der Waals surface area contributed by atoms with Crippen LogP contribution >= 0.6 is 22.9 Å². The number of carbonyl (C=O) groups is 1. The summed E-state index contributed by atoms with van der Waals surface area (Å²) in [5.41, 5.74) is 0. The number of hydrogen-bond donors (Lipinski definition) is 1. The molecule has 3 heterocycles. The minimum absolute atomic E-state index is 0.0810. The summed E-state index contributed by atoms with van der Waals surface area (Å²) < 4.78 is 2.84. The average molecular weight is 325 g/mol. The lowest BCUT2D eigenvalue weighted by Crippen LogP contribution is -2.25. The van der Waals surface area contributed by atoms with Crippen LogP contribution < -0.4 is 5.32 Å². The van der Waals surface area contributed by atoms with Gasteiger partial charge < -0.3 is 9.88 Å². The highest BCUT2D eigenvalue weighted by Crippen LogP contribution is 2.21. The van der Waals surface area contributed by atoms with Gasteiger partial charge in [-0.15, -0.1) is 21.5 Å². The summed E-state index contributed by atoms with van der Waals surface area (Å²) in [5, 5.41) is 11.4. The van der Waals surface area contributed by atoms with E-state index in [4.69, 9.17) is 11.6 Å². The van der Waals surface area contributed by atoms with Crippen LogP contribution in [0.1, 0.15) is 40.6 Å². The van der Waals surface area contributed by atoms with Gasteiger partial charge in [0.15, 0.2) is 0 Å². The number of aryl methyl sites for hydroxylation is 1. The third-order valence-corrected chi connectivity index (χ3v) is 4.85. The predicted molar refractivity (Wildman–Crippen MR) is 82.9 cm³/mol. The van der Waals surface area contributed by atoms with E-state index in [9.17, 15) is 4.79 Å². The second kappa shape index (κ2) is 6.58. The summed E-state index contributed by atoms with van der Waals surface area (Å²) in [7, 11) is 0. The van der Waals surface area contributed by atoms with Gasteiger partial charge in [-0.2, -0.15) is 0 Å². The summed E-state index contributed by atoms with van der Waals surface area (Å²) in [6.07, 6.45) is 5.33. The highest BCUT2D eigenvalue weighted by atomic mass is 35.5. The molecule has 2 aromatic rings. The number of halogens is 1. The van der Waals surface area contributed by atoms with Crippen LogP contribution in [0.2, 0.25) is 4.34 Å². The topological polar surface area (TPSA) is 59.8 Å². The molecule has 5 nitrogen and oxygen atoms in total. The number of nitrogens with zero attached hydrogens (tertiary/aromatic N) is 3. The number of thiophene rings is 1. The van der Waals surface area contributed by atoms with Crippen molar-refractivity contribution in [2.75, 3.05) is 6.54 Å². The summed E-state index contributed by atoms with van der Waals surface area (Å²) in [6, 6.07) is 3.48. The number of nitrogens with one attached hydrogen (secondary N) is 1. The van der Waals surface area contributed by atoms with Crippen LogP contribution in [0.5, 0.6) is 0 Å². The van der Waals surface area contributed by atoms with E-state index >= 15 is 0 Å². The first-order chi connectivity index (χ1) is 10.2. The number of carbonyl (C=O) groups excluding carboxylic acids is 1. The monoisotopic (exact) mass is 324 g/mol. The fourth-order valence-electron chi connectivity index (χ4n) is 2.54. The Kier molecular flexibility index (Phi) is 4.55. The van der Waals surface area contributed by atoms with Crippen molar-refractivity contribution in [1.29, 1.82) is 0 Å². The van der Waals surface area contributed by atoms with Gasteiger partial charge in [0.2, 0.25) is 0 Å². The molecule has 7 heteroatoms. The Morgan fingerprint density at radius 3 is 3.05 bits per heavy atom. The molecule has 0 aromatic carbocycles. The van der Waals surface area contributed by atoms with Gasteiger partial charge in [0, 0.05) is 25.9 Å². The van der Waals surface area contributed by atoms with Crippen molar-refractivity contribution in [1.82, 2.24) is 20.1 Å². The quantitative estimate of drug-likeness (QED) is 0.940. The lowest BCUT2D eigenvalue weighted by Gasteiger charge is -2.07. The molecule has 1 aliphatic heterocycles. The van der Waals surface area contributed by atoms with Crippen LogP contribution in [-0.4, -0.2) is 27.2 Å². The highest BCUT2D eigenvalue weighted by molar-refractivity contribution is 7.17. The van der Waals surface area contributed by atoms with Crippen molar-refractivity contribution >= 4 is 28.8 Å². The third kappa shape index (κ3) is 3.44.